The van der Waals surface area contributed by atoms with Gasteiger partial charge in [-0.25, -0.2) is 14.4 Å². The van der Waals surface area contributed by atoms with Gasteiger partial charge in [0.2, 0.25) is 5.60 Å². The molecule has 0 saturated carbocycles. The number of carboxylic acid groups (broad SMARTS) is 3. The standard InChI is InChI=1S/C9H10O11/c10-3(11)6-1-2-7(16,19-6)20-9(18,5(14)15)8(6,17)4(12)13/h16-18H,1-2H2,(H,10,11)(H,12,13)(H,14,15). The predicted octanol–water partition coefficient (Wildman–Crippen LogP) is -3.11. The minimum atomic E-state index is -3.92. The monoisotopic (exact) mass is 294 g/mol. The first-order chi connectivity index (χ1) is 8.95. The van der Waals surface area contributed by atoms with E-state index in [1.54, 1.807) is 0 Å². The van der Waals surface area contributed by atoms with Crippen molar-refractivity contribution in [3.8, 4) is 0 Å². The highest BCUT2D eigenvalue weighted by molar-refractivity contribution is 5.98. The molecule has 2 aliphatic rings. The number of aliphatic carboxylic acids is 3. The Hall–Kier alpha value is -1.79. The van der Waals surface area contributed by atoms with Crippen molar-refractivity contribution in [1.82, 2.24) is 0 Å². The molecule has 2 fully saturated rings. The van der Waals surface area contributed by atoms with Crippen LogP contribution in [0.25, 0.3) is 0 Å². The minimum Gasteiger partial charge on any atom is -0.479 e. The van der Waals surface area contributed by atoms with Crippen LogP contribution in [0.3, 0.4) is 0 Å². The summed E-state index contributed by atoms with van der Waals surface area (Å²) in [4.78, 5) is 33.6. The Bertz CT molecular complexity index is 516. The van der Waals surface area contributed by atoms with E-state index >= 15 is 0 Å². The Balaban J connectivity index is 2.77. The lowest BCUT2D eigenvalue weighted by molar-refractivity contribution is -0.491. The first-order valence-electron chi connectivity index (χ1n) is 5.23. The number of ether oxygens (including phenoxy) is 2. The third-order valence-electron chi connectivity index (χ3n) is 3.45. The van der Waals surface area contributed by atoms with Crippen molar-refractivity contribution in [3.05, 3.63) is 0 Å². The Morgan fingerprint density at radius 2 is 1.35 bits per heavy atom. The summed E-state index contributed by atoms with van der Waals surface area (Å²) in [7, 11) is 0. The van der Waals surface area contributed by atoms with E-state index in [4.69, 9.17) is 15.3 Å². The Labute approximate surface area is 109 Å². The highest BCUT2D eigenvalue weighted by Gasteiger charge is 2.84. The van der Waals surface area contributed by atoms with E-state index in [0.717, 1.165) is 0 Å². The second kappa shape index (κ2) is 3.65. The largest absolute Gasteiger partial charge is 0.479 e. The molecule has 11 heteroatoms. The fraction of sp³-hybridized carbons (Fsp3) is 0.667. The molecule has 0 radical (unpaired) electrons. The fourth-order valence-electron chi connectivity index (χ4n) is 2.43. The maximum absolute atomic E-state index is 11.3. The van der Waals surface area contributed by atoms with E-state index in [2.05, 4.69) is 9.47 Å². The zero-order valence-electron chi connectivity index (χ0n) is 9.64. The van der Waals surface area contributed by atoms with Gasteiger partial charge in [-0.1, -0.05) is 0 Å². The van der Waals surface area contributed by atoms with Gasteiger partial charge in [0.15, 0.2) is 0 Å². The molecular weight excluding hydrogens is 284 g/mol. The summed E-state index contributed by atoms with van der Waals surface area (Å²) >= 11 is 0. The Morgan fingerprint density at radius 1 is 0.800 bits per heavy atom. The van der Waals surface area contributed by atoms with Crippen LogP contribution in [0.1, 0.15) is 12.8 Å². The first kappa shape index (κ1) is 14.6. The summed E-state index contributed by atoms with van der Waals surface area (Å²) in [6.07, 6.45) is -1.46. The highest BCUT2D eigenvalue weighted by atomic mass is 16.9. The molecule has 20 heavy (non-hydrogen) atoms. The van der Waals surface area contributed by atoms with E-state index in [1.807, 2.05) is 0 Å². The summed E-state index contributed by atoms with van der Waals surface area (Å²) in [5.41, 5.74) is -6.96. The molecule has 4 unspecified atom stereocenters. The third kappa shape index (κ3) is 1.32. The molecule has 112 valence electrons. The van der Waals surface area contributed by atoms with Gasteiger partial charge < -0.3 is 35.4 Å². The van der Waals surface area contributed by atoms with Crippen LogP contribution < -0.4 is 0 Å². The summed E-state index contributed by atoms with van der Waals surface area (Å²) in [6, 6.07) is 0. The van der Waals surface area contributed by atoms with Crippen LogP contribution in [-0.2, 0) is 23.9 Å². The van der Waals surface area contributed by atoms with E-state index in [1.165, 1.54) is 0 Å². The van der Waals surface area contributed by atoms with Gasteiger partial charge in [-0.15, -0.1) is 0 Å². The molecule has 0 aromatic carbocycles. The zero-order valence-corrected chi connectivity index (χ0v) is 9.64. The number of carboxylic acids is 3. The average Bonchev–Trinajstić information content (AvgIpc) is 2.62. The Morgan fingerprint density at radius 3 is 1.75 bits per heavy atom. The predicted molar refractivity (Wildman–Crippen MR) is 51.9 cm³/mol. The molecule has 0 amide bonds. The average molecular weight is 294 g/mol. The Kier molecular flexibility index (Phi) is 2.67. The van der Waals surface area contributed by atoms with Crippen LogP contribution in [0.5, 0.6) is 0 Å². The molecule has 11 nitrogen and oxygen atoms in total. The molecule has 0 spiro atoms. The van der Waals surface area contributed by atoms with Gasteiger partial charge in [-0.2, -0.15) is 0 Å². The molecule has 2 heterocycles. The molecule has 0 aromatic heterocycles. The van der Waals surface area contributed by atoms with Gasteiger partial charge in [-0.05, 0) is 6.42 Å². The number of carbonyl (C=O) groups is 3. The van der Waals surface area contributed by atoms with Gasteiger partial charge in [0.25, 0.3) is 11.6 Å². The van der Waals surface area contributed by atoms with Crippen molar-refractivity contribution < 1.29 is 54.5 Å². The fourth-order valence-corrected chi connectivity index (χ4v) is 2.43. The number of rotatable bonds is 3. The van der Waals surface area contributed by atoms with Gasteiger partial charge in [0.05, 0.1) is 0 Å². The molecule has 2 saturated heterocycles. The zero-order chi connectivity index (χ0) is 15.6. The number of aliphatic hydroxyl groups is 3. The third-order valence-corrected chi connectivity index (χ3v) is 3.45. The second-order valence-corrected chi connectivity index (χ2v) is 4.51. The van der Waals surface area contributed by atoms with Gasteiger partial charge in [0.1, 0.15) is 0 Å². The van der Waals surface area contributed by atoms with Gasteiger partial charge >= 0.3 is 23.7 Å². The number of hydrogen-bond donors (Lipinski definition) is 6. The van der Waals surface area contributed by atoms with Crippen molar-refractivity contribution in [2.24, 2.45) is 0 Å². The topological polar surface area (TPSA) is 191 Å². The minimum absolute atomic E-state index is 0.662. The lowest BCUT2D eigenvalue weighted by atomic mass is 9.74. The molecule has 0 aliphatic carbocycles. The van der Waals surface area contributed by atoms with Gasteiger partial charge in [-0.3, -0.25) is 4.74 Å². The first-order valence-corrected chi connectivity index (χ1v) is 5.23. The quantitative estimate of drug-likeness (QED) is 0.308. The van der Waals surface area contributed by atoms with Crippen LogP contribution in [0.4, 0.5) is 0 Å². The van der Waals surface area contributed by atoms with Crippen LogP contribution >= 0.6 is 0 Å². The second-order valence-electron chi connectivity index (χ2n) is 4.51. The lowest BCUT2D eigenvalue weighted by Gasteiger charge is -2.50. The summed E-state index contributed by atoms with van der Waals surface area (Å²) in [5, 5.41) is 56.7. The lowest BCUT2D eigenvalue weighted by Crippen LogP contribution is -2.81. The van der Waals surface area contributed by atoms with Crippen molar-refractivity contribution in [1.29, 1.82) is 0 Å². The van der Waals surface area contributed by atoms with Crippen LogP contribution in [0.15, 0.2) is 0 Å². The molecule has 4 atom stereocenters. The molecule has 2 aliphatic heterocycles. The van der Waals surface area contributed by atoms with Gasteiger partial charge in [0, 0.05) is 6.42 Å². The normalized spacial score (nSPS) is 47.0. The van der Waals surface area contributed by atoms with Crippen molar-refractivity contribution in [2.75, 3.05) is 0 Å². The summed E-state index contributed by atoms with van der Waals surface area (Å²) < 4.78 is 8.80. The van der Waals surface area contributed by atoms with Crippen molar-refractivity contribution in [3.63, 3.8) is 0 Å². The van der Waals surface area contributed by atoms with E-state index in [0.29, 0.717) is 0 Å². The SMILES string of the molecule is O=C(O)C1(O)OC2(O)CCC(C(=O)O)(O2)C1(O)C(=O)O. The van der Waals surface area contributed by atoms with Crippen LogP contribution in [-0.4, -0.2) is 71.5 Å². The molecule has 2 bridgehead atoms. The van der Waals surface area contributed by atoms with E-state index in [-0.39, 0.29) is 0 Å². The maximum Gasteiger partial charge on any atom is 0.368 e. The maximum atomic E-state index is 11.3. The summed E-state index contributed by atoms with van der Waals surface area (Å²) in [6.45, 7) is 0. The molecular formula is C9H10O11. The highest BCUT2D eigenvalue weighted by Crippen LogP contribution is 2.54. The smallest absolute Gasteiger partial charge is 0.368 e. The summed E-state index contributed by atoms with van der Waals surface area (Å²) in [5.74, 6) is -13.6. The van der Waals surface area contributed by atoms with Crippen LogP contribution in [0.2, 0.25) is 0 Å². The van der Waals surface area contributed by atoms with Crippen LogP contribution in [0, 0.1) is 0 Å². The molecule has 2 rings (SSSR count). The number of fused-ring (bicyclic) bond motifs is 2. The number of hydrogen-bond acceptors (Lipinski definition) is 8. The van der Waals surface area contributed by atoms with Crippen molar-refractivity contribution in [2.45, 2.75) is 35.8 Å². The van der Waals surface area contributed by atoms with E-state index in [9.17, 15) is 29.7 Å². The molecule has 0 aromatic rings. The van der Waals surface area contributed by atoms with Crippen molar-refractivity contribution >= 4 is 17.9 Å². The molecule has 6 N–H and O–H groups in total. The van der Waals surface area contributed by atoms with E-state index < -0.39 is 53.7 Å².